The summed E-state index contributed by atoms with van der Waals surface area (Å²) in [4.78, 5) is 2.39. The second-order valence-electron chi connectivity index (χ2n) is 4.82. The zero-order valence-electron chi connectivity index (χ0n) is 10.6. The molecule has 2 rings (SSSR count). The van der Waals surface area contributed by atoms with E-state index in [1.54, 1.807) is 12.1 Å². The maximum absolute atomic E-state index is 8.88. The number of benzene rings is 1. The molecule has 0 spiro atoms. The molecule has 1 unspecified atom stereocenters. The highest BCUT2D eigenvalue weighted by Crippen LogP contribution is 2.24. The van der Waals surface area contributed by atoms with E-state index in [-0.39, 0.29) is 0 Å². The Kier molecular flexibility index (Phi) is 4.46. The molecule has 1 aromatic carbocycles. The van der Waals surface area contributed by atoms with Gasteiger partial charge in [-0.1, -0.05) is 18.0 Å². The molecule has 0 radical (unpaired) electrons. The lowest BCUT2D eigenvalue weighted by Gasteiger charge is -2.32. The van der Waals surface area contributed by atoms with Crippen LogP contribution in [0, 0.1) is 11.3 Å². The van der Waals surface area contributed by atoms with E-state index in [1.807, 2.05) is 6.07 Å². The number of likely N-dealkylation sites (tertiary alicyclic amines) is 1. The van der Waals surface area contributed by atoms with E-state index in [4.69, 9.17) is 16.9 Å². The topological polar surface area (TPSA) is 39.1 Å². The van der Waals surface area contributed by atoms with Crippen LogP contribution in [-0.4, -0.2) is 31.1 Å². The number of nitrogens with zero attached hydrogens (tertiary/aromatic N) is 2. The van der Waals surface area contributed by atoms with Gasteiger partial charge in [0, 0.05) is 12.6 Å². The number of hydrogen-bond donors (Lipinski definition) is 1. The molecule has 1 N–H and O–H groups in total. The number of likely N-dealkylation sites (N-methyl/N-ethyl adjacent to an activating group) is 1. The third kappa shape index (κ3) is 3.16. The first-order valence-corrected chi connectivity index (χ1v) is 6.72. The standard InChI is InChI=1S/C14H18ClN3/c1-18-7-3-2-4-12(18)10-17-14-8-11(9-16)5-6-13(14)15/h5-6,8,12,17H,2-4,7,10H2,1H3. The van der Waals surface area contributed by atoms with E-state index in [9.17, 15) is 0 Å². The smallest absolute Gasteiger partial charge is 0.0992 e. The van der Waals surface area contributed by atoms with Crippen LogP contribution in [0.3, 0.4) is 0 Å². The minimum absolute atomic E-state index is 0.556. The van der Waals surface area contributed by atoms with Crippen LogP contribution in [0.25, 0.3) is 0 Å². The summed E-state index contributed by atoms with van der Waals surface area (Å²) in [6.45, 7) is 2.05. The van der Waals surface area contributed by atoms with Gasteiger partial charge in [0.15, 0.2) is 0 Å². The number of anilines is 1. The van der Waals surface area contributed by atoms with Crippen molar-refractivity contribution >= 4 is 17.3 Å². The number of halogens is 1. The summed E-state index contributed by atoms with van der Waals surface area (Å²) in [5.41, 5.74) is 1.49. The largest absolute Gasteiger partial charge is 0.382 e. The van der Waals surface area contributed by atoms with Gasteiger partial charge in [0.05, 0.1) is 22.3 Å². The predicted octanol–water partition coefficient (Wildman–Crippen LogP) is 3.11. The van der Waals surface area contributed by atoms with E-state index in [2.05, 4.69) is 23.3 Å². The Balaban J connectivity index is 1.99. The SMILES string of the molecule is CN1CCCCC1CNc1cc(C#N)ccc1Cl. The van der Waals surface area contributed by atoms with Crippen LogP contribution in [0.5, 0.6) is 0 Å². The average molecular weight is 264 g/mol. The minimum Gasteiger partial charge on any atom is -0.382 e. The van der Waals surface area contributed by atoms with Crippen LogP contribution in [0.2, 0.25) is 5.02 Å². The Bertz CT molecular complexity index is 453. The van der Waals surface area contributed by atoms with Crippen molar-refractivity contribution in [1.29, 1.82) is 5.26 Å². The second-order valence-corrected chi connectivity index (χ2v) is 5.22. The Labute approximate surface area is 113 Å². The van der Waals surface area contributed by atoms with Crippen molar-refractivity contribution in [3.8, 4) is 6.07 Å². The molecule has 0 saturated carbocycles. The molecule has 18 heavy (non-hydrogen) atoms. The van der Waals surface area contributed by atoms with Gasteiger partial charge >= 0.3 is 0 Å². The minimum atomic E-state index is 0.556. The van der Waals surface area contributed by atoms with E-state index in [1.165, 1.54) is 19.3 Å². The fourth-order valence-corrected chi connectivity index (χ4v) is 2.54. The maximum atomic E-state index is 8.88. The fraction of sp³-hybridized carbons (Fsp3) is 0.500. The zero-order valence-corrected chi connectivity index (χ0v) is 11.4. The molecule has 1 aliphatic heterocycles. The molecule has 1 fully saturated rings. The Hall–Kier alpha value is -1.24. The van der Waals surface area contributed by atoms with Gasteiger partial charge in [0.25, 0.3) is 0 Å². The molecule has 0 amide bonds. The third-order valence-corrected chi connectivity index (χ3v) is 3.87. The van der Waals surface area contributed by atoms with Crippen molar-refractivity contribution in [3.05, 3.63) is 28.8 Å². The summed E-state index contributed by atoms with van der Waals surface area (Å²) in [6.07, 6.45) is 3.80. The van der Waals surface area contributed by atoms with Crippen molar-refractivity contribution in [2.75, 3.05) is 25.5 Å². The van der Waals surface area contributed by atoms with Crippen molar-refractivity contribution in [1.82, 2.24) is 4.90 Å². The highest BCUT2D eigenvalue weighted by Gasteiger charge is 2.18. The predicted molar refractivity (Wildman–Crippen MR) is 74.9 cm³/mol. The van der Waals surface area contributed by atoms with Gasteiger partial charge in [-0.15, -0.1) is 0 Å². The Morgan fingerprint density at radius 1 is 1.50 bits per heavy atom. The summed E-state index contributed by atoms with van der Waals surface area (Å²) in [5.74, 6) is 0. The molecule has 1 heterocycles. The number of hydrogen-bond acceptors (Lipinski definition) is 3. The zero-order chi connectivity index (χ0) is 13.0. The first kappa shape index (κ1) is 13.2. The van der Waals surface area contributed by atoms with E-state index in [0.29, 0.717) is 16.6 Å². The summed E-state index contributed by atoms with van der Waals surface area (Å²) >= 11 is 6.12. The first-order chi connectivity index (χ1) is 8.70. The van der Waals surface area contributed by atoms with E-state index >= 15 is 0 Å². The van der Waals surface area contributed by atoms with Gasteiger partial charge < -0.3 is 10.2 Å². The highest BCUT2D eigenvalue weighted by molar-refractivity contribution is 6.33. The van der Waals surface area contributed by atoms with Gasteiger partial charge in [-0.25, -0.2) is 0 Å². The fourth-order valence-electron chi connectivity index (χ4n) is 2.36. The van der Waals surface area contributed by atoms with Crippen molar-refractivity contribution in [3.63, 3.8) is 0 Å². The van der Waals surface area contributed by atoms with Crippen LogP contribution in [0.4, 0.5) is 5.69 Å². The van der Waals surface area contributed by atoms with Crippen LogP contribution in [-0.2, 0) is 0 Å². The lowest BCUT2D eigenvalue weighted by molar-refractivity contribution is 0.194. The van der Waals surface area contributed by atoms with Gasteiger partial charge in [-0.2, -0.15) is 5.26 Å². The monoisotopic (exact) mass is 263 g/mol. The molecule has 96 valence electrons. The molecular weight excluding hydrogens is 246 g/mol. The lowest BCUT2D eigenvalue weighted by atomic mass is 10.0. The summed E-state index contributed by atoms with van der Waals surface area (Å²) in [7, 11) is 2.17. The van der Waals surface area contributed by atoms with Crippen LogP contribution in [0.15, 0.2) is 18.2 Å². The summed E-state index contributed by atoms with van der Waals surface area (Å²) < 4.78 is 0. The van der Waals surface area contributed by atoms with Gasteiger partial charge in [-0.3, -0.25) is 0 Å². The molecule has 4 heteroatoms. The average Bonchev–Trinajstić information content (AvgIpc) is 2.39. The van der Waals surface area contributed by atoms with Crippen molar-refractivity contribution in [2.45, 2.75) is 25.3 Å². The summed E-state index contributed by atoms with van der Waals surface area (Å²) in [5, 5.41) is 12.9. The molecule has 1 atom stereocenters. The molecular formula is C14H18ClN3. The number of piperidine rings is 1. The molecule has 0 bridgehead atoms. The second kappa shape index (κ2) is 6.08. The molecule has 1 saturated heterocycles. The normalized spacial score (nSPS) is 20.4. The molecule has 1 aliphatic rings. The number of nitrogens with one attached hydrogen (secondary N) is 1. The Morgan fingerprint density at radius 2 is 2.33 bits per heavy atom. The molecule has 0 aromatic heterocycles. The van der Waals surface area contributed by atoms with Crippen LogP contribution < -0.4 is 5.32 Å². The van der Waals surface area contributed by atoms with Gasteiger partial charge in [0.2, 0.25) is 0 Å². The van der Waals surface area contributed by atoms with Gasteiger partial charge in [-0.05, 0) is 44.6 Å². The van der Waals surface area contributed by atoms with E-state index < -0.39 is 0 Å². The van der Waals surface area contributed by atoms with E-state index in [0.717, 1.165) is 18.8 Å². The molecule has 0 aliphatic carbocycles. The molecule has 1 aromatic rings. The maximum Gasteiger partial charge on any atom is 0.0992 e. The van der Waals surface area contributed by atoms with Crippen LogP contribution >= 0.6 is 11.6 Å². The third-order valence-electron chi connectivity index (χ3n) is 3.55. The Morgan fingerprint density at radius 3 is 3.06 bits per heavy atom. The van der Waals surface area contributed by atoms with Crippen molar-refractivity contribution in [2.24, 2.45) is 0 Å². The first-order valence-electron chi connectivity index (χ1n) is 6.34. The number of rotatable bonds is 3. The van der Waals surface area contributed by atoms with Crippen LogP contribution in [0.1, 0.15) is 24.8 Å². The van der Waals surface area contributed by atoms with Gasteiger partial charge in [0.1, 0.15) is 0 Å². The lowest BCUT2D eigenvalue weighted by Crippen LogP contribution is -2.40. The van der Waals surface area contributed by atoms with Crippen molar-refractivity contribution < 1.29 is 0 Å². The highest BCUT2D eigenvalue weighted by atomic mass is 35.5. The quantitative estimate of drug-likeness (QED) is 0.911. The number of nitriles is 1. The summed E-state index contributed by atoms with van der Waals surface area (Å²) in [6, 6.07) is 8.01. The molecule has 3 nitrogen and oxygen atoms in total.